The van der Waals surface area contributed by atoms with Gasteiger partial charge in [0.25, 0.3) is 5.69 Å². The summed E-state index contributed by atoms with van der Waals surface area (Å²) in [5.41, 5.74) is 0.883. The number of nitrogens with zero attached hydrogens (tertiary/aromatic N) is 1. The SMILES string of the molecule is O=[N+]([O-])c1cccc(COCC2CCOCC2)c1Br. The van der Waals surface area contributed by atoms with Crippen molar-refractivity contribution in [3.63, 3.8) is 0 Å². The molecule has 1 aliphatic rings. The minimum Gasteiger partial charge on any atom is -0.381 e. The highest BCUT2D eigenvalue weighted by Gasteiger charge is 2.16. The molecule has 1 aromatic carbocycles. The van der Waals surface area contributed by atoms with Crippen LogP contribution in [0.15, 0.2) is 22.7 Å². The molecule has 6 heteroatoms. The second kappa shape index (κ2) is 6.98. The largest absolute Gasteiger partial charge is 0.381 e. The second-order valence-corrected chi connectivity index (χ2v) is 5.37. The third-order valence-electron chi connectivity index (χ3n) is 3.21. The highest BCUT2D eigenvalue weighted by molar-refractivity contribution is 9.10. The Morgan fingerprint density at radius 2 is 2.16 bits per heavy atom. The van der Waals surface area contributed by atoms with Crippen molar-refractivity contribution in [2.24, 2.45) is 5.92 Å². The van der Waals surface area contributed by atoms with Gasteiger partial charge < -0.3 is 9.47 Å². The highest BCUT2D eigenvalue weighted by Crippen LogP contribution is 2.29. The average molecular weight is 330 g/mol. The first-order valence-corrected chi connectivity index (χ1v) is 7.05. The molecule has 5 nitrogen and oxygen atoms in total. The third-order valence-corrected chi connectivity index (χ3v) is 4.12. The Morgan fingerprint density at radius 1 is 1.42 bits per heavy atom. The molecule has 0 N–H and O–H groups in total. The Morgan fingerprint density at radius 3 is 2.84 bits per heavy atom. The molecule has 0 bridgehead atoms. The van der Waals surface area contributed by atoms with E-state index in [0.717, 1.165) is 31.6 Å². The molecular weight excluding hydrogens is 314 g/mol. The van der Waals surface area contributed by atoms with Gasteiger partial charge in [-0.05, 0) is 40.3 Å². The maximum Gasteiger partial charge on any atom is 0.283 e. The molecule has 19 heavy (non-hydrogen) atoms. The van der Waals surface area contributed by atoms with Gasteiger partial charge in [0.2, 0.25) is 0 Å². The van der Waals surface area contributed by atoms with E-state index in [1.54, 1.807) is 6.07 Å². The molecule has 1 aromatic rings. The van der Waals surface area contributed by atoms with Crippen molar-refractivity contribution in [2.75, 3.05) is 19.8 Å². The zero-order chi connectivity index (χ0) is 13.7. The van der Waals surface area contributed by atoms with Crippen molar-refractivity contribution in [2.45, 2.75) is 19.4 Å². The zero-order valence-electron chi connectivity index (χ0n) is 10.5. The molecule has 104 valence electrons. The van der Waals surface area contributed by atoms with Crippen LogP contribution in [-0.2, 0) is 16.1 Å². The zero-order valence-corrected chi connectivity index (χ0v) is 12.1. The summed E-state index contributed by atoms with van der Waals surface area (Å²) in [6, 6.07) is 4.99. The standard InChI is InChI=1S/C13H16BrNO4/c14-13-11(2-1-3-12(13)15(16)17)9-19-8-10-4-6-18-7-5-10/h1-3,10H,4-9H2. The quantitative estimate of drug-likeness (QED) is 0.614. The van der Waals surface area contributed by atoms with Gasteiger partial charge in [0.15, 0.2) is 0 Å². The van der Waals surface area contributed by atoms with Gasteiger partial charge in [0.05, 0.1) is 18.1 Å². The van der Waals surface area contributed by atoms with E-state index in [9.17, 15) is 10.1 Å². The molecule has 1 heterocycles. The lowest BCUT2D eigenvalue weighted by molar-refractivity contribution is -0.385. The van der Waals surface area contributed by atoms with Crippen molar-refractivity contribution < 1.29 is 14.4 Å². The van der Waals surface area contributed by atoms with Crippen molar-refractivity contribution in [1.82, 2.24) is 0 Å². The topological polar surface area (TPSA) is 61.6 Å². The van der Waals surface area contributed by atoms with Gasteiger partial charge in [-0.25, -0.2) is 0 Å². The molecule has 0 radical (unpaired) electrons. The van der Waals surface area contributed by atoms with Gasteiger partial charge in [-0.3, -0.25) is 10.1 Å². The number of ether oxygens (including phenoxy) is 2. The maximum absolute atomic E-state index is 10.8. The van der Waals surface area contributed by atoms with Crippen LogP contribution in [0.1, 0.15) is 18.4 Å². The van der Waals surface area contributed by atoms with E-state index in [2.05, 4.69) is 15.9 Å². The number of halogens is 1. The lowest BCUT2D eigenvalue weighted by atomic mass is 10.0. The number of nitro benzene ring substituents is 1. The van der Waals surface area contributed by atoms with Crippen LogP contribution in [0.5, 0.6) is 0 Å². The predicted molar refractivity (Wildman–Crippen MR) is 74.0 cm³/mol. The van der Waals surface area contributed by atoms with Crippen LogP contribution in [-0.4, -0.2) is 24.7 Å². The number of rotatable bonds is 5. The Kier molecular flexibility index (Phi) is 5.30. The van der Waals surface area contributed by atoms with Crippen molar-refractivity contribution >= 4 is 21.6 Å². The van der Waals surface area contributed by atoms with Crippen LogP contribution in [0, 0.1) is 16.0 Å². The number of hydrogen-bond donors (Lipinski definition) is 0. The van der Waals surface area contributed by atoms with E-state index in [1.165, 1.54) is 6.07 Å². The van der Waals surface area contributed by atoms with E-state index in [-0.39, 0.29) is 5.69 Å². The number of hydrogen-bond acceptors (Lipinski definition) is 4. The first-order chi connectivity index (χ1) is 9.18. The predicted octanol–water partition coefficient (Wildman–Crippen LogP) is 3.30. The van der Waals surface area contributed by atoms with E-state index in [4.69, 9.17) is 9.47 Å². The van der Waals surface area contributed by atoms with Gasteiger partial charge >= 0.3 is 0 Å². The van der Waals surface area contributed by atoms with Gasteiger partial charge in [0, 0.05) is 19.3 Å². The van der Waals surface area contributed by atoms with E-state index in [0.29, 0.717) is 23.6 Å². The maximum atomic E-state index is 10.8. The van der Waals surface area contributed by atoms with Gasteiger partial charge in [-0.2, -0.15) is 0 Å². The summed E-state index contributed by atoms with van der Waals surface area (Å²) in [7, 11) is 0. The summed E-state index contributed by atoms with van der Waals surface area (Å²) >= 11 is 3.27. The molecular formula is C13H16BrNO4. The highest BCUT2D eigenvalue weighted by atomic mass is 79.9. The molecule has 0 unspecified atom stereocenters. The fourth-order valence-electron chi connectivity index (χ4n) is 2.07. The summed E-state index contributed by atoms with van der Waals surface area (Å²) < 4.78 is 11.5. The minimum atomic E-state index is -0.397. The fraction of sp³-hybridized carbons (Fsp3) is 0.538. The molecule has 1 aliphatic heterocycles. The lowest BCUT2D eigenvalue weighted by Crippen LogP contribution is -2.20. The number of nitro groups is 1. The molecule has 0 aliphatic carbocycles. The first kappa shape index (κ1) is 14.4. The summed E-state index contributed by atoms with van der Waals surface area (Å²) in [5, 5.41) is 10.8. The average Bonchev–Trinajstić information content (AvgIpc) is 2.41. The summed E-state index contributed by atoms with van der Waals surface area (Å²) in [4.78, 5) is 10.4. The molecule has 0 atom stereocenters. The molecule has 0 amide bonds. The van der Waals surface area contributed by atoms with Crippen molar-refractivity contribution in [3.8, 4) is 0 Å². The fourth-order valence-corrected chi connectivity index (χ4v) is 2.59. The molecule has 0 spiro atoms. The molecule has 2 rings (SSSR count). The van der Waals surface area contributed by atoms with E-state index >= 15 is 0 Å². The third kappa shape index (κ3) is 3.99. The van der Waals surface area contributed by atoms with Gasteiger partial charge in [-0.1, -0.05) is 12.1 Å². The smallest absolute Gasteiger partial charge is 0.283 e. The van der Waals surface area contributed by atoms with Crippen LogP contribution < -0.4 is 0 Å². The van der Waals surface area contributed by atoms with Gasteiger partial charge in [0.1, 0.15) is 4.47 Å². The van der Waals surface area contributed by atoms with E-state index in [1.807, 2.05) is 6.07 Å². The van der Waals surface area contributed by atoms with Crippen LogP contribution in [0.3, 0.4) is 0 Å². The molecule has 1 fully saturated rings. The molecule has 1 saturated heterocycles. The molecule has 0 saturated carbocycles. The van der Waals surface area contributed by atoms with Gasteiger partial charge in [-0.15, -0.1) is 0 Å². The van der Waals surface area contributed by atoms with Crippen LogP contribution in [0.4, 0.5) is 5.69 Å². The normalized spacial score (nSPS) is 16.5. The summed E-state index contributed by atoms with van der Waals surface area (Å²) in [5.74, 6) is 0.534. The second-order valence-electron chi connectivity index (χ2n) is 4.58. The Labute approximate surface area is 120 Å². The van der Waals surface area contributed by atoms with Crippen LogP contribution in [0.2, 0.25) is 0 Å². The summed E-state index contributed by atoms with van der Waals surface area (Å²) in [6.07, 6.45) is 2.05. The first-order valence-electron chi connectivity index (χ1n) is 6.25. The van der Waals surface area contributed by atoms with E-state index < -0.39 is 4.92 Å². The van der Waals surface area contributed by atoms with Crippen LogP contribution in [0.25, 0.3) is 0 Å². The lowest BCUT2D eigenvalue weighted by Gasteiger charge is -2.21. The van der Waals surface area contributed by atoms with Crippen molar-refractivity contribution in [3.05, 3.63) is 38.3 Å². The Hall–Kier alpha value is -0.980. The molecule has 0 aromatic heterocycles. The monoisotopic (exact) mass is 329 g/mol. The number of benzene rings is 1. The Bertz CT molecular complexity index is 446. The Balaban J connectivity index is 1.88. The minimum absolute atomic E-state index is 0.0761. The summed E-state index contributed by atoms with van der Waals surface area (Å²) in [6.45, 7) is 2.67. The van der Waals surface area contributed by atoms with Crippen LogP contribution >= 0.6 is 15.9 Å². The van der Waals surface area contributed by atoms with Crippen molar-refractivity contribution in [1.29, 1.82) is 0 Å².